The molecular weight excluding hydrogens is 418 g/mol. The van der Waals surface area contributed by atoms with Crippen LogP contribution < -0.4 is 10.8 Å². The van der Waals surface area contributed by atoms with Crippen molar-refractivity contribution in [2.75, 3.05) is 32.8 Å². The molecule has 170 valence electrons. The van der Waals surface area contributed by atoms with Crippen molar-refractivity contribution in [1.29, 1.82) is 0 Å². The molecule has 4 heterocycles. The van der Waals surface area contributed by atoms with E-state index in [-0.39, 0.29) is 12.6 Å². The van der Waals surface area contributed by atoms with Gasteiger partial charge in [-0.15, -0.1) is 4.28 Å². The first-order valence-corrected chi connectivity index (χ1v) is 11.8. The first kappa shape index (κ1) is 21.7. The van der Waals surface area contributed by atoms with Crippen LogP contribution in [0.3, 0.4) is 0 Å². The highest BCUT2D eigenvalue weighted by atomic mass is 32.3. The maximum atomic E-state index is 12.5. The van der Waals surface area contributed by atoms with Crippen molar-refractivity contribution in [1.82, 2.24) is 25.7 Å². The van der Waals surface area contributed by atoms with Crippen LogP contribution in [0, 0.1) is 0 Å². The molecule has 30 heavy (non-hydrogen) atoms. The summed E-state index contributed by atoms with van der Waals surface area (Å²) < 4.78 is 35.1. The van der Waals surface area contributed by atoms with Gasteiger partial charge in [-0.3, -0.25) is 19.1 Å². The van der Waals surface area contributed by atoms with Crippen LogP contribution in [0.1, 0.15) is 38.5 Å². The van der Waals surface area contributed by atoms with Gasteiger partial charge in [0.25, 0.3) is 5.91 Å². The predicted molar refractivity (Wildman–Crippen MR) is 103 cm³/mol. The molecule has 4 rings (SSSR count). The summed E-state index contributed by atoms with van der Waals surface area (Å²) in [7, 11) is -4.81. The molecule has 13 heteroatoms. The molecule has 3 amide bonds. The van der Waals surface area contributed by atoms with Gasteiger partial charge in [0, 0.05) is 25.2 Å². The van der Waals surface area contributed by atoms with E-state index in [9.17, 15) is 18.0 Å². The van der Waals surface area contributed by atoms with Gasteiger partial charge < -0.3 is 10.2 Å². The summed E-state index contributed by atoms with van der Waals surface area (Å²) in [5.41, 5.74) is 2.43. The summed E-state index contributed by atoms with van der Waals surface area (Å²) in [5, 5.41) is 4.05. The van der Waals surface area contributed by atoms with Gasteiger partial charge in [-0.05, 0) is 45.2 Å². The summed E-state index contributed by atoms with van der Waals surface area (Å²) in [6.45, 7) is 3.67. The third kappa shape index (κ3) is 4.86. The zero-order chi connectivity index (χ0) is 21.3. The molecule has 4 fully saturated rings. The van der Waals surface area contributed by atoms with Gasteiger partial charge in [0.2, 0.25) is 0 Å². The molecule has 0 spiro atoms. The summed E-state index contributed by atoms with van der Waals surface area (Å²) in [4.78, 5) is 34.1. The van der Waals surface area contributed by atoms with Crippen molar-refractivity contribution in [2.45, 2.75) is 62.7 Å². The van der Waals surface area contributed by atoms with Crippen molar-refractivity contribution in [2.24, 2.45) is 0 Å². The first-order chi connectivity index (χ1) is 14.3. The molecule has 4 aliphatic heterocycles. The number of hydrogen-bond donors (Lipinski definition) is 3. The largest absolute Gasteiger partial charge is 0.418 e. The van der Waals surface area contributed by atoms with E-state index in [2.05, 4.69) is 20.0 Å². The highest BCUT2D eigenvalue weighted by Gasteiger charge is 2.49. The second-order valence-electron chi connectivity index (χ2n) is 8.38. The number of rotatable bonds is 7. The number of nitrogens with one attached hydrogen (secondary N) is 2. The van der Waals surface area contributed by atoms with Crippen molar-refractivity contribution in [3.05, 3.63) is 0 Å². The third-order valence-corrected chi connectivity index (χ3v) is 6.71. The number of hydrogen-bond acceptors (Lipinski definition) is 8. The molecule has 4 atom stereocenters. The van der Waals surface area contributed by atoms with Crippen LogP contribution in [0.2, 0.25) is 0 Å². The Morgan fingerprint density at radius 1 is 1.20 bits per heavy atom. The third-order valence-electron chi connectivity index (χ3n) is 6.36. The zero-order valence-corrected chi connectivity index (χ0v) is 17.6. The van der Waals surface area contributed by atoms with Gasteiger partial charge in [0.15, 0.2) is 0 Å². The van der Waals surface area contributed by atoms with Gasteiger partial charge in [0.1, 0.15) is 6.04 Å². The Morgan fingerprint density at radius 3 is 2.70 bits per heavy atom. The minimum atomic E-state index is -4.81. The Kier molecular flexibility index (Phi) is 6.46. The number of carbonyl (C=O) groups excluding carboxylic acids is 2. The normalized spacial score (nSPS) is 32.6. The molecule has 0 aliphatic carbocycles. The fraction of sp³-hybridized carbons (Fsp3) is 0.882. The molecule has 4 saturated heterocycles. The Labute approximate surface area is 175 Å². The van der Waals surface area contributed by atoms with Gasteiger partial charge in [-0.1, -0.05) is 6.42 Å². The Bertz CT molecular complexity index is 760. The molecule has 2 unspecified atom stereocenters. The lowest BCUT2D eigenvalue weighted by molar-refractivity contribution is -0.139. The topological polar surface area (TPSA) is 141 Å². The Morgan fingerprint density at radius 2 is 1.97 bits per heavy atom. The monoisotopic (exact) mass is 447 g/mol. The van der Waals surface area contributed by atoms with Crippen LogP contribution in [0.25, 0.3) is 0 Å². The summed E-state index contributed by atoms with van der Waals surface area (Å²) >= 11 is 0. The van der Waals surface area contributed by atoms with Crippen molar-refractivity contribution >= 4 is 22.3 Å². The molecule has 0 aromatic rings. The van der Waals surface area contributed by atoms with Crippen LogP contribution in [0.4, 0.5) is 4.79 Å². The molecule has 12 nitrogen and oxygen atoms in total. The van der Waals surface area contributed by atoms with E-state index in [4.69, 9.17) is 9.39 Å². The summed E-state index contributed by atoms with van der Waals surface area (Å²) in [6.07, 6.45) is 5.48. The molecular formula is C17H29N5O7S. The average Bonchev–Trinajstić information content (AvgIpc) is 3.27. The minimum Gasteiger partial charge on any atom is -0.310 e. The van der Waals surface area contributed by atoms with Crippen LogP contribution in [-0.4, -0.2) is 96.7 Å². The lowest BCUT2D eigenvalue weighted by Crippen LogP contribution is -2.50. The van der Waals surface area contributed by atoms with Gasteiger partial charge in [-0.2, -0.15) is 13.5 Å². The number of nitrogens with zero attached hydrogens (tertiary/aromatic N) is 3. The van der Waals surface area contributed by atoms with E-state index >= 15 is 0 Å². The number of piperidine rings is 2. The maximum absolute atomic E-state index is 12.5. The second-order valence-corrected chi connectivity index (χ2v) is 9.38. The van der Waals surface area contributed by atoms with Crippen molar-refractivity contribution < 1.29 is 31.7 Å². The minimum absolute atomic E-state index is 0.147. The second kappa shape index (κ2) is 8.93. The molecule has 4 aliphatic rings. The van der Waals surface area contributed by atoms with Gasteiger partial charge >= 0.3 is 16.4 Å². The van der Waals surface area contributed by atoms with Crippen molar-refractivity contribution in [3.8, 4) is 0 Å². The fourth-order valence-corrected chi connectivity index (χ4v) is 5.26. The zero-order valence-electron chi connectivity index (χ0n) is 16.7. The molecule has 2 bridgehead atoms. The number of urea groups is 1. The molecule has 0 radical (unpaired) electrons. The quantitative estimate of drug-likeness (QED) is 0.340. The van der Waals surface area contributed by atoms with E-state index < -0.39 is 34.4 Å². The first-order valence-electron chi connectivity index (χ1n) is 10.5. The van der Waals surface area contributed by atoms with Crippen LogP contribution >= 0.6 is 0 Å². The van der Waals surface area contributed by atoms with E-state index in [1.165, 1.54) is 24.2 Å². The number of fused-ring (bicyclic) bond motifs is 2. The van der Waals surface area contributed by atoms with Crippen LogP contribution in [-0.2, 0) is 24.3 Å². The smallest absolute Gasteiger partial charge is 0.310 e. The highest BCUT2D eigenvalue weighted by molar-refractivity contribution is 7.80. The average molecular weight is 448 g/mol. The van der Waals surface area contributed by atoms with Crippen molar-refractivity contribution in [3.63, 3.8) is 0 Å². The number of amides is 3. The Balaban J connectivity index is 1.22. The number of carbonyl (C=O) groups is 2. The molecule has 3 N–H and O–H groups in total. The summed E-state index contributed by atoms with van der Waals surface area (Å²) in [6, 6.07) is -1.42. The molecule has 0 saturated carbocycles. The maximum Gasteiger partial charge on any atom is 0.418 e. The van der Waals surface area contributed by atoms with Gasteiger partial charge in [-0.25, -0.2) is 10.3 Å². The number of likely N-dealkylation sites (tertiary alicyclic amines) is 1. The fourth-order valence-electron chi connectivity index (χ4n) is 4.87. The van der Waals surface area contributed by atoms with E-state index in [1.54, 1.807) is 0 Å². The van der Waals surface area contributed by atoms with Crippen LogP contribution in [0.15, 0.2) is 0 Å². The lowest BCUT2D eigenvalue weighted by atomic mass is 10.0. The lowest BCUT2D eigenvalue weighted by Gasteiger charge is -2.31. The number of hydroxylamine groups is 3. The Hall–Kier alpha value is -1.51. The molecule has 0 aromatic heterocycles. The molecule has 0 aromatic carbocycles. The van der Waals surface area contributed by atoms with E-state index in [0.717, 1.165) is 26.1 Å². The van der Waals surface area contributed by atoms with E-state index in [1.807, 2.05) is 0 Å². The predicted octanol–water partition coefficient (Wildman–Crippen LogP) is -0.746. The van der Waals surface area contributed by atoms with E-state index in [0.29, 0.717) is 30.6 Å². The standard InChI is InChI=1S/C17H29N5O7S/c23-16(15-5-4-13-10-21(15)17(24)22(13)29-30(25,26)27)19-28-11-12-8-14(9-18-12)20-6-2-1-3-7-20/h12-15,18H,1-11H2,(H,19,23)(H,25,26,27)/t12-,13?,14-,15?/m1/s1. The highest BCUT2D eigenvalue weighted by Crippen LogP contribution is 2.30. The SMILES string of the molecule is O=C(NOC[C@H]1C[C@@H](N2CCCCC2)CN1)C1CCC2CN1C(=O)N2OS(=O)(=O)O. The summed E-state index contributed by atoms with van der Waals surface area (Å²) in [5.74, 6) is -0.457. The van der Waals surface area contributed by atoms with Gasteiger partial charge in [0.05, 0.1) is 12.6 Å². The van der Waals surface area contributed by atoms with Crippen LogP contribution in [0.5, 0.6) is 0 Å².